The topological polar surface area (TPSA) is 160 Å². The van der Waals surface area contributed by atoms with Crippen molar-refractivity contribution >= 4 is 17.6 Å². The molecule has 2 amide bonds. The molecule has 0 radical (unpaired) electrons. The highest BCUT2D eigenvalue weighted by Gasteiger charge is 2.14. The van der Waals surface area contributed by atoms with E-state index in [1.54, 1.807) is 0 Å². The highest BCUT2D eigenvalue weighted by Crippen LogP contribution is 2.26. The Bertz CT molecular complexity index is 548. The van der Waals surface area contributed by atoms with Gasteiger partial charge >= 0.3 is 6.03 Å². The third kappa shape index (κ3) is 5.26. The Morgan fingerprint density at radius 1 is 1.50 bits per heavy atom. The van der Waals surface area contributed by atoms with Gasteiger partial charge in [0, 0.05) is 6.08 Å². The molecule has 1 aromatic heterocycles. The minimum absolute atomic E-state index is 0.00725. The minimum atomic E-state index is -0.587. The number of hydrogen-bond donors (Lipinski definition) is 6. The van der Waals surface area contributed by atoms with E-state index in [-0.39, 0.29) is 12.5 Å². The average Bonchev–Trinajstić information content (AvgIpc) is 2.47. The number of urea groups is 1. The first kappa shape index (κ1) is 17.2. The van der Waals surface area contributed by atoms with Crippen molar-refractivity contribution in [3.63, 3.8) is 0 Å². The third-order valence-corrected chi connectivity index (χ3v) is 2.37. The predicted octanol–water partition coefficient (Wildman–Crippen LogP) is -0.0536. The number of anilines is 1. The summed E-state index contributed by atoms with van der Waals surface area (Å²) in [4.78, 5) is 15.5. The first-order valence-electron chi connectivity index (χ1n) is 6.34. The molecule has 0 atom stereocenters. The van der Waals surface area contributed by atoms with E-state index in [1.165, 1.54) is 24.7 Å². The quantitative estimate of drug-likeness (QED) is 0.178. The van der Waals surface area contributed by atoms with Gasteiger partial charge in [0.05, 0.1) is 30.3 Å². The highest BCUT2D eigenvalue weighted by atomic mass is 16.5. The molecule has 0 unspecified atom stereocenters. The van der Waals surface area contributed by atoms with Crippen LogP contribution in [-0.4, -0.2) is 23.5 Å². The summed E-state index contributed by atoms with van der Waals surface area (Å²) in [6.45, 7) is 2.22. The van der Waals surface area contributed by atoms with Crippen molar-refractivity contribution in [1.82, 2.24) is 15.9 Å². The lowest BCUT2D eigenvalue weighted by Gasteiger charge is -2.15. The van der Waals surface area contributed by atoms with Gasteiger partial charge in [-0.25, -0.2) is 4.79 Å². The van der Waals surface area contributed by atoms with Crippen LogP contribution in [0.4, 0.5) is 10.5 Å². The number of nitrogens with one attached hydrogen (secondary N) is 4. The van der Waals surface area contributed by atoms with E-state index >= 15 is 0 Å². The van der Waals surface area contributed by atoms with Crippen LogP contribution in [0.2, 0.25) is 0 Å². The smallest absolute Gasteiger partial charge is 0.334 e. The predicted molar refractivity (Wildman–Crippen MR) is 80.7 cm³/mol. The number of amides is 2. The Labute approximate surface area is 127 Å². The number of hydrazine groups is 2. The van der Waals surface area contributed by atoms with Gasteiger partial charge in [0.15, 0.2) is 0 Å². The van der Waals surface area contributed by atoms with E-state index in [1.807, 2.05) is 12.5 Å². The van der Waals surface area contributed by atoms with E-state index in [9.17, 15) is 4.79 Å². The fraction of sp³-hybridized carbons (Fsp3) is 0.250. The lowest BCUT2D eigenvalue weighted by Crippen LogP contribution is -2.44. The number of carbonyl (C=O) groups is 1. The molecular weight excluding hydrogens is 290 g/mol. The Balaban J connectivity index is 2.96. The summed E-state index contributed by atoms with van der Waals surface area (Å²) < 4.78 is 10.7. The van der Waals surface area contributed by atoms with Gasteiger partial charge < -0.3 is 20.5 Å². The summed E-state index contributed by atoms with van der Waals surface area (Å²) in [5.41, 5.74) is 10.2. The second-order valence-corrected chi connectivity index (χ2v) is 3.83. The molecule has 1 heterocycles. The fourth-order valence-electron chi connectivity index (χ4n) is 1.51. The summed E-state index contributed by atoms with van der Waals surface area (Å²) >= 11 is 0. The average molecular weight is 309 g/mol. The zero-order chi connectivity index (χ0) is 16.4. The van der Waals surface area contributed by atoms with Gasteiger partial charge in [-0.1, -0.05) is 0 Å². The lowest BCUT2D eigenvalue weighted by atomic mass is 10.2. The first-order chi connectivity index (χ1) is 10.6. The van der Waals surface area contributed by atoms with E-state index in [0.717, 1.165) is 0 Å². The summed E-state index contributed by atoms with van der Waals surface area (Å²) in [5, 5.41) is 10.1. The molecule has 1 aromatic rings. The number of pyridine rings is 1. The van der Waals surface area contributed by atoms with Crippen LogP contribution in [0.3, 0.4) is 0 Å². The molecule has 22 heavy (non-hydrogen) atoms. The molecule has 0 aliphatic carbocycles. The molecular formula is C12H19N7O3. The van der Waals surface area contributed by atoms with Crippen molar-refractivity contribution in [1.29, 1.82) is 5.41 Å². The molecule has 8 N–H and O–H groups in total. The lowest BCUT2D eigenvalue weighted by molar-refractivity contribution is 0.248. The van der Waals surface area contributed by atoms with Crippen molar-refractivity contribution < 1.29 is 14.3 Å². The molecule has 10 heteroatoms. The Kier molecular flexibility index (Phi) is 7.16. The molecule has 0 aromatic carbocycles. The summed E-state index contributed by atoms with van der Waals surface area (Å²) in [6.07, 6.45) is 5.41. The zero-order valence-corrected chi connectivity index (χ0v) is 12.1. The second kappa shape index (κ2) is 9.15. The number of carbonyl (C=O) groups excluding carboxylic acids is 1. The van der Waals surface area contributed by atoms with Crippen molar-refractivity contribution in [3.8, 4) is 5.75 Å². The number of nitrogens with two attached hydrogens (primary N) is 2. The largest absolute Gasteiger partial charge is 0.492 e. The van der Waals surface area contributed by atoms with Crippen molar-refractivity contribution in [2.45, 2.75) is 13.5 Å². The van der Waals surface area contributed by atoms with Crippen molar-refractivity contribution in [2.75, 3.05) is 11.9 Å². The molecule has 0 aliphatic heterocycles. The van der Waals surface area contributed by atoms with Crippen molar-refractivity contribution in [2.24, 2.45) is 11.6 Å². The maximum atomic E-state index is 11.5. The fourth-order valence-corrected chi connectivity index (χ4v) is 1.51. The van der Waals surface area contributed by atoms with Crippen LogP contribution >= 0.6 is 0 Å². The molecule has 120 valence electrons. The molecule has 0 bridgehead atoms. The van der Waals surface area contributed by atoms with Gasteiger partial charge in [0.25, 0.3) is 0 Å². The maximum absolute atomic E-state index is 11.5. The van der Waals surface area contributed by atoms with Gasteiger partial charge in [-0.3, -0.25) is 21.7 Å². The SMILES string of the molecule is CCOc1cncc(NC(=O)NNN)c1COC(=N)/C=C\N. The van der Waals surface area contributed by atoms with Crippen LogP contribution in [0, 0.1) is 5.41 Å². The monoisotopic (exact) mass is 309 g/mol. The molecule has 0 spiro atoms. The van der Waals surface area contributed by atoms with Crippen molar-refractivity contribution in [3.05, 3.63) is 30.2 Å². The Hall–Kier alpha value is -2.85. The van der Waals surface area contributed by atoms with Gasteiger partial charge in [-0.15, -0.1) is 0 Å². The van der Waals surface area contributed by atoms with E-state index in [4.69, 9.17) is 26.5 Å². The van der Waals surface area contributed by atoms with Crippen LogP contribution in [0.25, 0.3) is 0 Å². The minimum Gasteiger partial charge on any atom is -0.492 e. The van der Waals surface area contributed by atoms with Gasteiger partial charge in [-0.05, 0) is 13.1 Å². The van der Waals surface area contributed by atoms with Crippen LogP contribution in [-0.2, 0) is 11.3 Å². The number of rotatable bonds is 7. The van der Waals surface area contributed by atoms with Gasteiger partial charge in [0.1, 0.15) is 12.4 Å². The molecule has 0 aliphatic rings. The second-order valence-electron chi connectivity index (χ2n) is 3.83. The number of nitrogens with zero attached hydrogens (tertiary/aromatic N) is 1. The third-order valence-electron chi connectivity index (χ3n) is 2.37. The van der Waals surface area contributed by atoms with Crippen LogP contribution in [0.15, 0.2) is 24.7 Å². The Morgan fingerprint density at radius 2 is 2.27 bits per heavy atom. The van der Waals surface area contributed by atoms with Crippen LogP contribution in [0.1, 0.15) is 12.5 Å². The maximum Gasteiger partial charge on any atom is 0.334 e. The zero-order valence-electron chi connectivity index (χ0n) is 12.1. The number of hydrogen-bond acceptors (Lipinski definition) is 8. The number of aromatic nitrogens is 1. The molecule has 0 fully saturated rings. The summed E-state index contributed by atoms with van der Waals surface area (Å²) in [6, 6.07) is -0.587. The molecule has 1 rings (SSSR count). The van der Waals surface area contributed by atoms with Crippen LogP contribution < -0.4 is 32.6 Å². The standard InChI is InChI=1S/C12H19N7O3/c1-2-21-10-6-16-5-9(17-12(20)18-19-15)8(10)7-22-11(14)3-4-13/h3-6,14,19H,2,7,13,15H2,1H3,(H2,17,18,20)/b4-3-,14-11?. The van der Waals surface area contributed by atoms with E-state index in [0.29, 0.717) is 23.6 Å². The Morgan fingerprint density at radius 3 is 2.91 bits per heavy atom. The first-order valence-corrected chi connectivity index (χ1v) is 6.34. The highest BCUT2D eigenvalue weighted by molar-refractivity contribution is 5.90. The summed E-state index contributed by atoms with van der Waals surface area (Å²) in [7, 11) is 0. The summed E-state index contributed by atoms with van der Waals surface area (Å²) in [5.74, 6) is 5.31. The molecule has 0 saturated heterocycles. The van der Waals surface area contributed by atoms with Crippen LogP contribution in [0.5, 0.6) is 5.75 Å². The van der Waals surface area contributed by atoms with Gasteiger partial charge in [-0.2, -0.15) is 5.53 Å². The molecule has 10 nitrogen and oxygen atoms in total. The normalized spacial score (nSPS) is 10.3. The van der Waals surface area contributed by atoms with Gasteiger partial charge in [0.2, 0.25) is 5.90 Å². The van der Waals surface area contributed by atoms with E-state index < -0.39 is 6.03 Å². The molecule has 0 saturated carbocycles. The number of ether oxygens (including phenoxy) is 2. The van der Waals surface area contributed by atoms with E-state index in [2.05, 4.69) is 15.7 Å².